The molecule has 2 aromatic rings. The molecule has 7 heteroatoms. The number of amides is 1. The molecule has 0 aliphatic carbocycles. The van der Waals surface area contributed by atoms with E-state index in [0.717, 1.165) is 19.1 Å². The van der Waals surface area contributed by atoms with Crippen LogP contribution in [0.15, 0.2) is 48.5 Å². The van der Waals surface area contributed by atoms with Gasteiger partial charge in [0.15, 0.2) is 0 Å². The van der Waals surface area contributed by atoms with Gasteiger partial charge in [0.25, 0.3) is 5.91 Å². The topological polar surface area (TPSA) is 75.3 Å². The molecule has 2 aromatic carbocycles. The number of halogens is 1. The van der Waals surface area contributed by atoms with Crippen LogP contribution in [0.4, 0.5) is 5.69 Å². The first kappa shape index (κ1) is 18.3. The summed E-state index contributed by atoms with van der Waals surface area (Å²) in [7, 11) is -3.41. The molecule has 0 aliphatic heterocycles. The molecule has 0 saturated carbocycles. The Hall–Kier alpha value is -2.05. The Labute approximate surface area is 147 Å². The molecule has 0 aromatic heterocycles. The van der Waals surface area contributed by atoms with Crippen LogP contribution in [0.2, 0.25) is 5.02 Å². The number of hydrogen-bond donors (Lipinski definition) is 2. The van der Waals surface area contributed by atoms with Crippen LogP contribution < -0.4 is 10.0 Å². The molecule has 0 heterocycles. The van der Waals surface area contributed by atoms with E-state index < -0.39 is 10.0 Å². The highest BCUT2D eigenvalue weighted by molar-refractivity contribution is 7.92. The molecule has 0 fully saturated rings. The van der Waals surface area contributed by atoms with E-state index in [1.165, 1.54) is 23.8 Å². The summed E-state index contributed by atoms with van der Waals surface area (Å²) in [5.74, 6) is -0.329. The van der Waals surface area contributed by atoms with E-state index in [0.29, 0.717) is 12.2 Å². The fourth-order valence-electron chi connectivity index (χ4n) is 2.21. The quantitative estimate of drug-likeness (QED) is 0.739. The standard InChI is InChI=1S/C17H19ClN2O3S/c1-24(22,23)20-14-9-10-16(18)15(12-14)17(21)19-11-5-8-13-6-3-2-4-7-13/h2-4,6-7,9-10,12,20H,5,8,11H2,1H3,(H,19,21). The summed E-state index contributed by atoms with van der Waals surface area (Å²) in [6.45, 7) is 0.508. The van der Waals surface area contributed by atoms with Gasteiger partial charge in [0.2, 0.25) is 10.0 Å². The highest BCUT2D eigenvalue weighted by Crippen LogP contribution is 2.21. The third kappa shape index (κ3) is 5.86. The Morgan fingerprint density at radius 3 is 2.50 bits per heavy atom. The molecule has 0 aliphatic rings. The molecular formula is C17H19ClN2O3S. The van der Waals surface area contributed by atoms with E-state index in [1.54, 1.807) is 0 Å². The Morgan fingerprint density at radius 1 is 1.12 bits per heavy atom. The Balaban J connectivity index is 1.93. The van der Waals surface area contributed by atoms with Crippen LogP contribution >= 0.6 is 11.6 Å². The van der Waals surface area contributed by atoms with E-state index in [-0.39, 0.29) is 16.5 Å². The van der Waals surface area contributed by atoms with Gasteiger partial charge in [0, 0.05) is 12.2 Å². The molecule has 1 amide bonds. The van der Waals surface area contributed by atoms with E-state index >= 15 is 0 Å². The second-order valence-electron chi connectivity index (χ2n) is 5.41. The zero-order chi connectivity index (χ0) is 17.6. The monoisotopic (exact) mass is 366 g/mol. The van der Waals surface area contributed by atoms with Gasteiger partial charge in [-0.15, -0.1) is 0 Å². The number of carbonyl (C=O) groups excluding carboxylic acids is 1. The largest absolute Gasteiger partial charge is 0.352 e. The van der Waals surface area contributed by atoms with Gasteiger partial charge in [-0.05, 0) is 36.6 Å². The van der Waals surface area contributed by atoms with Crippen molar-refractivity contribution in [3.05, 3.63) is 64.7 Å². The Bertz CT molecular complexity index is 808. The smallest absolute Gasteiger partial charge is 0.252 e. The number of aryl methyl sites for hydroxylation is 1. The summed E-state index contributed by atoms with van der Waals surface area (Å²) in [4.78, 5) is 12.2. The summed E-state index contributed by atoms with van der Waals surface area (Å²) in [6.07, 6.45) is 2.71. The third-order valence-electron chi connectivity index (χ3n) is 3.28. The molecule has 5 nitrogen and oxygen atoms in total. The third-order valence-corrected chi connectivity index (χ3v) is 4.22. The Kier molecular flexibility index (Phi) is 6.23. The van der Waals surface area contributed by atoms with E-state index in [1.807, 2.05) is 30.3 Å². The minimum absolute atomic E-state index is 0.241. The summed E-state index contributed by atoms with van der Waals surface area (Å²) < 4.78 is 24.9. The fourth-order valence-corrected chi connectivity index (χ4v) is 2.97. The molecule has 0 unspecified atom stereocenters. The van der Waals surface area contributed by atoms with Crippen LogP contribution in [0.25, 0.3) is 0 Å². The lowest BCUT2D eigenvalue weighted by atomic mass is 10.1. The molecular weight excluding hydrogens is 348 g/mol. The van der Waals surface area contributed by atoms with Crippen molar-refractivity contribution in [2.75, 3.05) is 17.5 Å². The van der Waals surface area contributed by atoms with E-state index in [4.69, 9.17) is 11.6 Å². The maximum absolute atomic E-state index is 12.2. The first-order valence-corrected chi connectivity index (χ1v) is 9.71. The lowest BCUT2D eigenvalue weighted by molar-refractivity contribution is 0.0953. The first-order chi connectivity index (χ1) is 11.3. The number of sulfonamides is 1. The van der Waals surface area contributed by atoms with Crippen LogP contribution in [-0.2, 0) is 16.4 Å². The van der Waals surface area contributed by atoms with Crippen LogP contribution in [0.5, 0.6) is 0 Å². The van der Waals surface area contributed by atoms with Gasteiger partial charge in [-0.2, -0.15) is 0 Å². The molecule has 0 atom stereocenters. The van der Waals surface area contributed by atoms with E-state index in [9.17, 15) is 13.2 Å². The molecule has 0 radical (unpaired) electrons. The van der Waals surface area contributed by atoms with Crippen molar-refractivity contribution in [2.24, 2.45) is 0 Å². The van der Waals surface area contributed by atoms with Crippen molar-refractivity contribution in [2.45, 2.75) is 12.8 Å². The van der Waals surface area contributed by atoms with Gasteiger partial charge < -0.3 is 5.32 Å². The summed E-state index contributed by atoms with van der Waals surface area (Å²) in [5.41, 5.74) is 1.76. The van der Waals surface area contributed by atoms with Crippen LogP contribution in [0.1, 0.15) is 22.3 Å². The van der Waals surface area contributed by atoms with Gasteiger partial charge in [-0.1, -0.05) is 41.9 Å². The maximum atomic E-state index is 12.2. The molecule has 128 valence electrons. The maximum Gasteiger partial charge on any atom is 0.252 e. The number of nitrogens with one attached hydrogen (secondary N) is 2. The SMILES string of the molecule is CS(=O)(=O)Nc1ccc(Cl)c(C(=O)NCCCc2ccccc2)c1. The second kappa shape index (κ2) is 8.17. The first-order valence-electron chi connectivity index (χ1n) is 7.44. The minimum Gasteiger partial charge on any atom is -0.352 e. The molecule has 24 heavy (non-hydrogen) atoms. The van der Waals surface area contributed by atoms with Gasteiger partial charge in [0.05, 0.1) is 16.8 Å². The Morgan fingerprint density at radius 2 is 1.83 bits per heavy atom. The fraction of sp³-hybridized carbons (Fsp3) is 0.235. The number of benzene rings is 2. The van der Waals surface area contributed by atoms with Gasteiger partial charge >= 0.3 is 0 Å². The lowest BCUT2D eigenvalue weighted by Gasteiger charge is -2.10. The zero-order valence-corrected chi connectivity index (χ0v) is 14.8. The molecule has 0 spiro atoms. The molecule has 0 bridgehead atoms. The number of hydrogen-bond acceptors (Lipinski definition) is 3. The second-order valence-corrected chi connectivity index (χ2v) is 7.57. The van der Waals surface area contributed by atoms with Gasteiger partial charge in [0.1, 0.15) is 0 Å². The van der Waals surface area contributed by atoms with Crippen molar-refractivity contribution < 1.29 is 13.2 Å². The van der Waals surface area contributed by atoms with Crippen LogP contribution in [0, 0.1) is 0 Å². The van der Waals surface area contributed by atoms with Gasteiger partial charge in [-0.3, -0.25) is 9.52 Å². The summed E-state index contributed by atoms with van der Waals surface area (Å²) >= 11 is 6.03. The summed E-state index contributed by atoms with van der Waals surface area (Å²) in [5, 5.41) is 3.07. The highest BCUT2D eigenvalue weighted by Gasteiger charge is 2.12. The lowest BCUT2D eigenvalue weighted by Crippen LogP contribution is -2.25. The average Bonchev–Trinajstić information content (AvgIpc) is 2.53. The minimum atomic E-state index is -3.41. The van der Waals surface area contributed by atoms with Crippen molar-refractivity contribution >= 4 is 33.2 Å². The van der Waals surface area contributed by atoms with Crippen molar-refractivity contribution in [3.8, 4) is 0 Å². The number of carbonyl (C=O) groups is 1. The number of rotatable bonds is 7. The van der Waals surface area contributed by atoms with Crippen molar-refractivity contribution in [3.63, 3.8) is 0 Å². The molecule has 2 rings (SSSR count). The van der Waals surface area contributed by atoms with Crippen molar-refractivity contribution in [1.82, 2.24) is 5.32 Å². The molecule has 0 saturated heterocycles. The predicted molar refractivity (Wildman–Crippen MR) is 97.0 cm³/mol. The predicted octanol–water partition coefficient (Wildman–Crippen LogP) is 3.07. The van der Waals surface area contributed by atoms with Crippen LogP contribution in [0.3, 0.4) is 0 Å². The molecule has 2 N–H and O–H groups in total. The van der Waals surface area contributed by atoms with Crippen molar-refractivity contribution in [1.29, 1.82) is 0 Å². The summed E-state index contributed by atoms with van der Waals surface area (Å²) in [6, 6.07) is 14.4. The average molecular weight is 367 g/mol. The van der Waals surface area contributed by atoms with Gasteiger partial charge in [-0.25, -0.2) is 8.42 Å². The van der Waals surface area contributed by atoms with Crippen LogP contribution in [-0.4, -0.2) is 27.1 Å². The van der Waals surface area contributed by atoms with E-state index in [2.05, 4.69) is 10.0 Å². The normalized spacial score (nSPS) is 11.1. The number of anilines is 1. The highest BCUT2D eigenvalue weighted by atomic mass is 35.5. The zero-order valence-electron chi connectivity index (χ0n) is 13.3.